The molecule has 2 fully saturated rings. The first-order valence-electron chi connectivity index (χ1n) is 6.39. The maximum Gasteiger partial charge on any atom is 0.248 e. The fraction of sp³-hybridized carbons (Fsp3) is 0.917. The van der Waals surface area contributed by atoms with Crippen LogP contribution >= 0.6 is 0 Å². The highest BCUT2D eigenvalue weighted by molar-refractivity contribution is 5.84. The van der Waals surface area contributed by atoms with E-state index in [1.807, 2.05) is 0 Å². The van der Waals surface area contributed by atoms with Crippen LogP contribution in [0.4, 0.5) is 8.78 Å². The standard InChI is InChI=1S/C12H20F2N2O/c13-12(14)5-1-2-10(8-12)9-16-6-3-11(15-17)4-7-16/h10,17H,1-9H2. The van der Waals surface area contributed by atoms with Gasteiger partial charge in [0, 0.05) is 45.3 Å². The van der Waals surface area contributed by atoms with Crippen LogP contribution in [-0.4, -0.2) is 41.4 Å². The van der Waals surface area contributed by atoms with E-state index in [1.54, 1.807) is 0 Å². The number of alkyl halides is 2. The van der Waals surface area contributed by atoms with Crippen molar-refractivity contribution in [3.8, 4) is 0 Å². The van der Waals surface area contributed by atoms with Gasteiger partial charge in [-0.05, 0) is 18.8 Å². The zero-order valence-corrected chi connectivity index (χ0v) is 10.0. The molecule has 0 aromatic carbocycles. The van der Waals surface area contributed by atoms with Gasteiger partial charge in [0.1, 0.15) is 0 Å². The highest BCUT2D eigenvalue weighted by Crippen LogP contribution is 2.37. The van der Waals surface area contributed by atoms with Crippen molar-refractivity contribution >= 4 is 5.71 Å². The van der Waals surface area contributed by atoms with Crippen LogP contribution in [0.5, 0.6) is 0 Å². The van der Waals surface area contributed by atoms with Gasteiger partial charge >= 0.3 is 0 Å². The lowest BCUT2D eigenvalue weighted by Crippen LogP contribution is -2.40. The van der Waals surface area contributed by atoms with E-state index in [-0.39, 0.29) is 18.8 Å². The fourth-order valence-electron chi connectivity index (χ4n) is 2.89. The van der Waals surface area contributed by atoms with Crippen molar-refractivity contribution in [1.82, 2.24) is 4.90 Å². The van der Waals surface area contributed by atoms with E-state index in [2.05, 4.69) is 10.1 Å². The Bertz CT molecular complexity index is 284. The predicted molar refractivity (Wildman–Crippen MR) is 61.8 cm³/mol. The summed E-state index contributed by atoms with van der Waals surface area (Å²) in [6.07, 6.45) is 3.20. The van der Waals surface area contributed by atoms with Crippen molar-refractivity contribution < 1.29 is 14.0 Å². The number of hydrogen-bond donors (Lipinski definition) is 1. The molecule has 1 aliphatic carbocycles. The summed E-state index contributed by atoms with van der Waals surface area (Å²) in [5.74, 6) is -2.32. The van der Waals surface area contributed by atoms with Crippen LogP contribution in [-0.2, 0) is 0 Å². The molecule has 1 saturated carbocycles. The maximum absolute atomic E-state index is 13.3. The van der Waals surface area contributed by atoms with E-state index < -0.39 is 5.92 Å². The topological polar surface area (TPSA) is 35.8 Å². The molecule has 1 unspecified atom stereocenters. The van der Waals surface area contributed by atoms with Gasteiger partial charge in [-0.15, -0.1) is 0 Å². The second-order valence-corrected chi connectivity index (χ2v) is 5.29. The van der Waals surface area contributed by atoms with Crippen LogP contribution in [0.25, 0.3) is 0 Å². The molecule has 1 saturated heterocycles. The lowest BCUT2D eigenvalue weighted by Gasteiger charge is -2.34. The summed E-state index contributed by atoms with van der Waals surface area (Å²) >= 11 is 0. The Morgan fingerprint density at radius 3 is 2.65 bits per heavy atom. The number of halogens is 2. The van der Waals surface area contributed by atoms with E-state index in [9.17, 15) is 8.78 Å². The van der Waals surface area contributed by atoms with Gasteiger partial charge in [-0.25, -0.2) is 8.78 Å². The molecular weight excluding hydrogens is 226 g/mol. The van der Waals surface area contributed by atoms with Crippen molar-refractivity contribution in [1.29, 1.82) is 0 Å². The first-order valence-corrected chi connectivity index (χ1v) is 6.39. The molecule has 0 radical (unpaired) electrons. The van der Waals surface area contributed by atoms with Gasteiger partial charge in [0.05, 0.1) is 5.71 Å². The zero-order valence-electron chi connectivity index (χ0n) is 10.0. The van der Waals surface area contributed by atoms with Crippen LogP contribution in [0.15, 0.2) is 5.16 Å². The average molecular weight is 246 g/mol. The minimum Gasteiger partial charge on any atom is -0.411 e. The normalized spacial score (nSPS) is 30.2. The molecule has 1 heterocycles. The first kappa shape index (κ1) is 12.7. The summed E-state index contributed by atoms with van der Waals surface area (Å²) in [4.78, 5) is 2.22. The monoisotopic (exact) mass is 246 g/mol. The third-order valence-corrected chi connectivity index (χ3v) is 3.83. The Labute approximate surface area is 100 Å². The Morgan fingerprint density at radius 2 is 2.06 bits per heavy atom. The number of piperidine rings is 1. The van der Waals surface area contributed by atoms with Gasteiger partial charge in [0.25, 0.3) is 0 Å². The molecule has 98 valence electrons. The average Bonchev–Trinajstić information content (AvgIpc) is 2.29. The van der Waals surface area contributed by atoms with Gasteiger partial charge in [0.15, 0.2) is 0 Å². The van der Waals surface area contributed by atoms with Crippen LogP contribution < -0.4 is 0 Å². The molecule has 1 N–H and O–H groups in total. The van der Waals surface area contributed by atoms with Gasteiger partial charge in [-0.3, -0.25) is 0 Å². The predicted octanol–water partition coefficient (Wildman–Crippen LogP) is 2.74. The molecule has 0 bridgehead atoms. The fourth-order valence-corrected chi connectivity index (χ4v) is 2.89. The lowest BCUT2D eigenvalue weighted by atomic mass is 9.86. The minimum atomic E-state index is -2.45. The van der Waals surface area contributed by atoms with E-state index in [0.717, 1.165) is 44.6 Å². The van der Waals surface area contributed by atoms with Gasteiger partial charge in [-0.1, -0.05) is 5.16 Å². The highest BCUT2D eigenvalue weighted by atomic mass is 19.3. The van der Waals surface area contributed by atoms with Crippen molar-refractivity contribution in [3.05, 3.63) is 0 Å². The molecule has 5 heteroatoms. The Kier molecular flexibility index (Phi) is 3.97. The van der Waals surface area contributed by atoms with E-state index in [4.69, 9.17) is 5.21 Å². The number of hydrogen-bond acceptors (Lipinski definition) is 3. The molecule has 2 rings (SSSR count). The summed E-state index contributed by atoms with van der Waals surface area (Å²) in [7, 11) is 0. The lowest BCUT2D eigenvalue weighted by molar-refractivity contribution is -0.0569. The third-order valence-electron chi connectivity index (χ3n) is 3.83. The highest BCUT2D eigenvalue weighted by Gasteiger charge is 2.36. The number of oxime groups is 1. The van der Waals surface area contributed by atoms with Gasteiger partial charge < -0.3 is 10.1 Å². The second kappa shape index (κ2) is 5.29. The van der Waals surface area contributed by atoms with Crippen molar-refractivity contribution in [3.63, 3.8) is 0 Å². The molecular formula is C12H20F2N2O. The molecule has 3 nitrogen and oxygen atoms in total. The maximum atomic E-state index is 13.3. The van der Waals surface area contributed by atoms with Crippen molar-refractivity contribution in [2.24, 2.45) is 11.1 Å². The molecule has 0 aromatic rings. The van der Waals surface area contributed by atoms with Crippen molar-refractivity contribution in [2.75, 3.05) is 19.6 Å². The quantitative estimate of drug-likeness (QED) is 0.600. The van der Waals surface area contributed by atoms with Crippen LogP contribution in [0, 0.1) is 5.92 Å². The summed E-state index contributed by atoms with van der Waals surface area (Å²) in [6.45, 7) is 2.44. The summed E-state index contributed by atoms with van der Waals surface area (Å²) in [6, 6.07) is 0. The number of nitrogens with zero attached hydrogens (tertiary/aromatic N) is 2. The molecule has 17 heavy (non-hydrogen) atoms. The number of rotatable bonds is 2. The first-order chi connectivity index (χ1) is 8.09. The van der Waals surface area contributed by atoms with Crippen LogP contribution in [0.1, 0.15) is 38.5 Å². The zero-order chi connectivity index (χ0) is 12.3. The Hall–Kier alpha value is -0.710. The molecule has 0 spiro atoms. The van der Waals surface area contributed by atoms with Crippen molar-refractivity contribution in [2.45, 2.75) is 44.4 Å². The smallest absolute Gasteiger partial charge is 0.248 e. The van der Waals surface area contributed by atoms with E-state index in [1.165, 1.54) is 0 Å². The molecule has 0 amide bonds. The Morgan fingerprint density at radius 1 is 1.35 bits per heavy atom. The summed E-state index contributed by atoms with van der Waals surface area (Å²) in [5.41, 5.74) is 0.829. The molecule has 2 aliphatic rings. The largest absolute Gasteiger partial charge is 0.411 e. The third kappa shape index (κ3) is 3.63. The summed E-state index contributed by atoms with van der Waals surface area (Å²) < 4.78 is 26.5. The molecule has 1 aliphatic heterocycles. The second-order valence-electron chi connectivity index (χ2n) is 5.29. The van der Waals surface area contributed by atoms with E-state index in [0.29, 0.717) is 6.42 Å². The van der Waals surface area contributed by atoms with Gasteiger partial charge in [0.2, 0.25) is 5.92 Å². The van der Waals surface area contributed by atoms with Crippen LogP contribution in [0.3, 0.4) is 0 Å². The Balaban J connectivity index is 1.78. The molecule has 1 atom stereocenters. The van der Waals surface area contributed by atoms with Gasteiger partial charge in [-0.2, -0.15) is 0 Å². The summed E-state index contributed by atoms with van der Waals surface area (Å²) in [5, 5.41) is 11.9. The van der Waals surface area contributed by atoms with E-state index >= 15 is 0 Å². The van der Waals surface area contributed by atoms with Crippen LogP contribution in [0.2, 0.25) is 0 Å². The molecule has 0 aromatic heterocycles. The number of likely N-dealkylation sites (tertiary alicyclic amines) is 1. The minimum absolute atomic E-state index is 0.0461. The SMILES string of the molecule is ON=C1CCN(CC2CCCC(F)(F)C2)CC1.